The molecule has 6 nitrogen and oxygen atoms in total. The largest absolute Gasteiger partial charge is 0.496 e. The summed E-state index contributed by atoms with van der Waals surface area (Å²) in [6.45, 7) is 1.31. The van der Waals surface area contributed by atoms with E-state index < -0.39 is 0 Å². The fraction of sp³-hybridized carbons (Fsp3) is 0.444. The molecule has 1 aromatic carbocycles. The van der Waals surface area contributed by atoms with E-state index in [0.29, 0.717) is 24.5 Å². The molecule has 1 amide bonds. The van der Waals surface area contributed by atoms with E-state index in [1.807, 2.05) is 49.6 Å². The number of amides is 1. The molecule has 0 radical (unpaired) electrons. The molecule has 134 valence electrons. The zero-order valence-corrected chi connectivity index (χ0v) is 15.5. The van der Waals surface area contributed by atoms with Crippen molar-refractivity contribution >= 4 is 17.5 Å². The summed E-state index contributed by atoms with van der Waals surface area (Å²) in [7, 11) is 5.38. The summed E-state index contributed by atoms with van der Waals surface area (Å²) < 4.78 is 7.15. The van der Waals surface area contributed by atoms with Crippen LogP contribution in [-0.2, 0) is 18.4 Å². The molecule has 0 saturated carbocycles. The minimum atomic E-state index is 0.0434. The van der Waals surface area contributed by atoms with E-state index >= 15 is 0 Å². The molecule has 25 heavy (non-hydrogen) atoms. The normalized spacial score (nSPS) is 20.3. The molecule has 1 aliphatic heterocycles. The van der Waals surface area contributed by atoms with Gasteiger partial charge in [0.2, 0.25) is 5.91 Å². The number of carbonyl (C=O) groups is 1. The molecule has 7 heteroatoms. The van der Waals surface area contributed by atoms with Crippen molar-refractivity contribution in [2.45, 2.75) is 19.0 Å². The van der Waals surface area contributed by atoms with E-state index in [1.54, 1.807) is 11.8 Å². The molecule has 2 atom stereocenters. The average Bonchev–Trinajstić information content (AvgIpc) is 3.12. The Kier molecular flexibility index (Phi) is 5.30. The first kappa shape index (κ1) is 17.8. The third kappa shape index (κ3) is 3.65. The number of hydrogen-bond donors (Lipinski definition) is 1. The number of likely N-dealkylation sites (tertiary alicyclic amines) is 1. The predicted octanol–water partition coefficient (Wildman–Crippen LogP) is 2.39. The van der Waals surface area contributed by atoms with Gasteiger partial charge in [-0.2, -0.15) is 5.10 Å². The number of hydrogen-bond acceptors (Lipinski definition) is 4. The Morgan fingerprint density at radius 1 is 1.40 bits per heavy atom. The first-order valence-electron chi connectivity index (χ1n) is 8.27. The molecule has 2 heterocycles. The van der Waals surface area contributed by atoms with Crippen LogP contribution in [0.1, 0.15) is 23.6 Å². The van der Waals surface area contributed by atoms with Gasteiger partial charge in [-0.25, -0.2) is 0 Å². The fourth-order valence-electron chi connectivity index (χ4n) is 3.51. The van der Waals surface area contributed by atoms with Crippen LogP contribution in [0.4, 0.5) is 0 Å². The first-order chi connectivity index (χ1) is 12.0. The monoisotopic (exact) mass is 362 g/mol. The number of aromatic nitrogens is 2. The van der Waals surface area contributed by atoms with Crippen molar-refractivity contribution in [2.75, 3.05) is 20.7 Å². The van der Waals surface area contributed by atoms with Crippen LogP contribution in [0.15, 0.2) is 30.6 Å². The highest BCUT2D eigenvalue weighted by atomic mass is 35.5. The predicted molar refractivity (Wildman–Crippen MR) is 96.5 cm³/mol. The summed E-state index contributed by atoms with van der Waals surface area (Å²) >= 11 is 6.28. The Hall–Kier alpha value is -2.05. The average molecular weight is 363 g/mol. The minimum absolute atomic E-state index is 0.0434. The second-order valence-electron chi connectivity index (χ2n) is 6.41. The Morgan fingerprint density at radius 3 is 2.88 bits per heavy atom. The molecule has 0 spiro atoms. The van der Waals surface area contributed by atoms with Crippen LogP contribution in [0, 0.1) is 5.92 Å². The van der Waals surface area contributed by atoms with Crippen molar-refractivity contribution in [3.63, 3.8) is 0 Å². The molecule has 1 aliphatic rings. The van der Waals surface area contributed by atoms with Gasteiger partial charge in [0.25, 0.3) is 0 Å². The number of rotatable bonds is 6. The van der Waals surface area contributed by atoms with Gasteiger partial charge in [-0.15, -0.1) is 0 Å². The van der Waals surface area contributed by atoms with Crippen LogP contribution in [0.3, 0.4) is 0 Å². The highest BCUT2D eigenvalue weighted by molar-refractivity contribution is 6.31. The van der Waals surface area contributed by atoms with Gasteiger partial charge in [-0.05, 0) is 12.1 Å². The molecule has 0 unspecified atom stereocenters. The third-order valence-corrected chi connectivity index (χ3v) is 5.12. The zero-order chi connectivity index (χ0) is 18.0. The minimum Gasteiger partial charge on any atom is -0.496 e. The van der Waals surface area contributed by atoms with E-state index in [0.717, 1.165) is 16.9 Å². The summed E-state index contributed by atoms with van der Waals surface area (Å²) in [6, 6.07) is 5.66. The number of methoxy groups -OCH3 is 1. The highest BCUT2D eigenvalue weighted by Gasteiger charge is 2.38. The van der Waals surface area contributed by atoms with Crippen LogP contribution >= 0.6 is 11.6 Å². The summed E-state index contributed by atoms with van der Waals surface area (Å²) in [4.78, 5) is 14.0. The molecule has 0 aliphatic carbocycles. The maximum atomic E-state index is 12.2. The number of ether oxygens (including phenoxy) is 1. The summed E-state index contributed by atoms with van der Waals surface area (Å²) in [5.41, 5.74) is 2.00. The Morgan fingerprint density at radius 2 is 2.20 bits per heavy atom. The second-order valence-corrected chi connectivity index (χ2v) is 6.82. The van der Waals surface area contributed by atoms with Gasteiger partial charge in [0, 0.05) is 61.9 Å². The lowest BCUT2D eigenvalue weighted by Gasteiger charge is -2.24. The number of carbonyl (C=O) groups excluding carboxylic acids is 1. The van der Waals surface area contributed by atoms with Crippen molar-refractivity contribution in [1.82, 2.24) is 20.0 Å². The van der Waals surface area contributed by atoms with Crippen LogP contribution in [0.5, 0.6) is 5.75 Å². The van der Waals surface area contributed by atoms with Crippen molar-refractivity contribution in [1.29, 1.82) is 0 Å². The SMILES string of the molecule is COc1cccc(Cl)c1CNC[C@@H]1CC(=O)N(C)[C@H]1c1cnn(C)c1. The van der Waals surface area contributed by atoms with Gasteiger partial charge in [0.1, 0.15) is 5.75 Å². The van der Waals surface area contributed by atoms with Crippen molar-refractivity contribution in [3.05, 3.63) is 46.7 Å². The Labute approximate surface area is 152 Å². The lowest BCUT2D eigenvalue weighted by atomic mass is 9.95. The highest BCUT2D eigenvalue weighted by Crippen LogP contribution is 2.36. The smallest absolute Gasteiger partial charge is 0.223 e. The van der Waals surface area contributed by atoms with Crippen LogP contribution < -0.4 is 10.1 Å². The molecule has 0 bridgehead atoms. The molecule has 1 aromatic heterocycles. The molecular formula is C18H23ClN4O2. The maximum absolute atomic E-state index is 12.2. The summed E-state index contributed by atoms with van der Waals surface area (Å²) in [5, 5.41) is 8.35. The van der Waals surface area contributed by atoms with Gasteiger partial charge in [0.15, 0.2) is 0 Å². The topological polar surface area (TPSA) is 59.4 Å². The number of halogens is 1. The van der Waals surface area contributed by atoms with Gasteiger partial charge in [-0.3, -0.25) is 9.48 Å². The van der Waals surface area contributed by atoms with E-state index in [9.17, 15) is 4.79 Å². The summed E-state index contributed by atoms with van der Waals surface area (Å²) in [5.74, 6) is 1.12. The molecule has 1 saturated heterocycles. The van der Waals surface area contributed by atoms with E-state index in [4.69, 9.17) is 16.3 Å². The number of nitrogens with zero attached hydrogens (tertiary/aromatic N) is 3. The van der Waals surface area contributed by atoms with Gasteiger partial charge in [0.05, 0.1) is 19.3 Å². The molecular weight excluding hydrogens is 340 g/mol. The van der Waals surface area contributed by atoms with E-state index in [-0.39, 0.29) is 17.9 Å². The first-order valence-corrected chi connectivity index (χ1v) is 8.65. The molecule has 1 N–H and O–H groups in total. The van der Waals surface area contributed by atoms with Crippen LogP contribution in [-0.4, -0.2) is 41.3 Å². The molecule has 1 fully saturated rings. The standard InChI is InChI=1S/C18H23ClN4O2/c1-22-11-13(9-21-22)18-12(7-17(24)23(18)2)8-20-10-14-15(19)5-4-6-16(14)25-3/h4-6,9,11-12,18,20H,7-8,10H2,1-3H3/t12-,18+/m0/s1. The number of benzene rings is 1. The Balaban J connectivity index is 1.69. The number of nitrogens with one attached hydrogen (secondary N) is 1. The lowest BCUT2D eigenvalue weighted by molar-refractivity contribution is -0.127. The van der Waals surface area contributed by atoms with Crippen LogP contribution in [0.25, 0.3) is 0 Å². The van der Waals surface area contributed by atoms with Crippen molar-refractivity contribution in [2.24, 2.45) is 13.0 Å². The van der Waals surface area contributed by atoms with Gasteiger partial charge < -0.3 is 15.0 Å². The van der Waals surface area contributed by atoms with Gasteiger partial charge in [-0.1, -0.05) is 17.7 Å². The Bertz CT molecular complexity index is 761. The number of aryl methyl sites for hydroxylation is 1. The summed E-state index contributed by atoms with van der Waals surface area (Å²) in [6.07, 6.45) is 4.34. The lowest BCUT2D eigenvalue weighted by Crippen LogP contribution is -2.29. The maximum Gasteiger partial charge on any atom is 0.223 e. The third-order valence-electron chi connectivity index (χ3n) is 4.76. The molecule has 3 rings (SSSR count). The molecule has 2 aromatic rings. The second kappa shape index (κ2) is 7.45. The van der Waals surface area contributed by atoms with E-state index in [1.165, 1.54) is 0 Å². The van der Waals surface area contributed by atoms with Crippen LogP contribution in [0.2, 0.25) is 5.02 Å². The quantitative estimate of drug-likeness (QED) is 0.857. The zero-order valence-electron chi connectivity index (χ0n) is 14.7. The van der Waals surface area contributed by atoms with E-state index in [2.05, 4.69) is 10.4 Å². The van der Waals surface area contributed by atoms with Crippen molar-refractivity contribution < 1.29 is 9.53 Å². The fourth-order valence-corrected chi connectivity index (χ4v) is 3.74. The van der Waals surface area contributed by atoms with Crippen molar-refractivity contribution in [3.8, 4) is 5.75 Å². The van der Waals surface area contributed by atoms with Gasteiger partial charge >= 0.3 is 0 Å².